The molecule has 1 saturated carbocycles. The number of fused-ring (bicyclic) bond motifs is 1. The summed E-state index contributed by atoms with van der Waals surface area (Å²) < 4.78 is 24.9. The molecular weight excluding hydrogens is 437 g/mol. The Labute approximate surface area is 199 Å². The van der Waals surface area contributed by atoms with E-state index in [0.29, 0.717) is 11.4 Å². The fourth-order valence-electron chi connectivity index (χ4n) is 4.67. The van der Waals surface area contributed by atoms with Gasteiger partial charge in [-0.25, -0.2) is 9.37 Å². The number of ether oxygens (including phenoxy) is 2. The van der Waals surface area contributed by atoms with Crippen molar-refractivity contribution >= 4 is 5.91 Å². The molecule has 1 unspecified atom stereocenters. The summed E-state index contributed by atoms with van der Waals surface area (Å²) in [4.78, 5) is 16.6. The van der Waals surface area contributed by atoms with E-state index in [1.807, 2.05) is 12.1 Å². The Hall–Kier alpha value is -2.99. The van der Waals surface area contributed by atoms with Gasteiger partial charge in [-0.1, -0.05) is 18.1 Å². The highest BCUT2D eigenvalue weighted by Crippen LogP contribution is 2.47. The largest absolute Gasteiger partial charge is 0.471 e. The number of methoxy groups -OCH3 is 1. The van der Waals surface area contributed by atoms with Crippen LogP contribution in [-0.4, -0.2) is 54.0 Å². The highest BCUT2D eigenvalue weighted by Gasteiger charge is 2.46. The molecule has 1 aromatic heterocycles. The van der Waals surface area contributed by atoms with E-state index in [4.69, 9.17) is 15.9 Å². The second-order valence-electron chi connectivity index (χ2n) is 9.04. The van der Waals surface area contributed by atoms with E-state index in [2.05, 4.69) is 21.5 Å². The zero-order chi connectivity index (χ0) is 24.1. The van der Waals surface area contributed by atoms with Crippen LogP contribution in [0.3, 0.4) is 0 Å². The average Bonchev–Trinajstić information content (AvgIpc) is 2.82. The number of rotatable bonds is 9. The third-order valence-electron chi connectivity index (χ3n) is 6.63. The SMILES string of the molecule is C#Cc1cc(CC(NC(=O)COC)[C@H](O)CN[C@H]2CC3(CCC3)Oc3ncccc32)ccc1F. The molecule has 1 aliphatic carbocycles. The minimum Gasteiger partial charge on any atom is -0.471 e. The van der Waals surface area contributed by atoms with Gasteiger partial charge in [0.25, 0.3) is 0 Å². The lowest BCUT2D eigenvalue weighted by Crippen LogP contribution is -2.52. The number of aromatic nitrogens is 1. The summed E-state index contributed by atoms with van der Waals surface area (Å²) >= 11 is 0. The molecule has 3 atom stereocenters. The van der Waals surface area contributed by atoms with Crippen LogP contribution in [0.4, 0.5) is 4.39 Å². The van der Waals surface area contributed by atoms with Crippen molar-refractivity contribution in [1.82, 2.24) is 15.6 Å². The smallest absolute Gasteiger partial charge is 0.246 e. The van der Waals surface area contributed by atoms with Gasteiger partial charge in [0.1, 0.15) is 18.0 Å². The molecule has 34 heavy (non-hydrogen) atoms. The van der Waals surface area contributed by atoms with Crippen molar-refractivity contribution in [3.63, 3.8) is 0 Å². The van der Waals surface area contributed by atoms with Crippen LogP contribution in [0.5, 0.6) is 5.88 Å². The molecule has 0 saturated heterocycles. The maximum Gasteiger partial charge on any atom is 0.246 e. The molecular formula is C26H30FN3O4. The third kappa shape index (κ3) is 5.39. The van der Waals surface area contributed by atoms with Gasteiger partial charge in [0.2, 0.25) is 11.8 Å². The number of amides is 1. The van der Waals surface area contributed by atoms with E-state index in [9.17, 15) is 14.3 Å². The number of pyridine rings is 1. The second-order valence-corrected chi connectivity index (χ2v) is 9.04. The number of hydrogen-bond donors (Lipinski definition) is 3. The fraction of sp³-hybridized carbons (Fsp3) is 0.462. The summed E-state index contributed by atoms with van der Waals surface area (Å²) in [6.07, 6.45) is 10.4. The first kappa shape index (κ1) is 24.1. The number of carbonyl (C=O) groups is 1. The number of carbonyl (C=O) groups excluding carboxylic acids is 1. The van der Waals surface area contributed by atoms with Gasteiger partial charge in [-0.05, 0) is 49.4 Å². The summed E-state index contributed by atoms with van der Waals surface area (Å²) in [5.74, 6) is 2.13. The Morgan fingerprint density at radius 3 is 2.97 bits per heavy atom. The van der Waals surface area contributed by atoms with Crippen LogP contribution in [0.15, 0.2) is 36.5 Å². The number of nitrogens with zero attached hydrogens (tertiary/aromatic N) is 1. The van der Waals surface area contributed by atoms with Crippen molar-refractivity contribution in [3.8, 4) is 18.2 Å². The molecule has 180 valence electrons. The van der Waals surface area contributed by atoms with E-state index in [1.54, 1.807) is 18.3 Å². The minimum absolute atomic E-state index is 0.0263. The first-order valence-electron chi connectivity index (χ1n) is 11.5. The van der Waals surface area contributed by atoms with Gasteiger partial charge in [-0.15, -0.1) is 6.42 Å². The van der Waals surface area contributed by atoms with Crippen LogP contribution in [0, 0.1) is 18.2 Å². The predicted molar refractivity (Wildman–Crippen MR) is 125 cm³/mol. The number of hydrogen-bond acceptors (Lipinski definition) is 6. The molecule has 0 radical (unpaired) electrons. The van der Waals surface area contributed by atoms with Gasteiger partial charge in [0.05, 0.1) is 17.7 Å². The van der Waals surface area contributed by atoms with E-state index in [0.717, 1.165) is 31.2 Å². The molecule has 3 N–H and O–H groups in total. The van der Waals surface area contributed by atoms with Crippen LogP contribution in [0.25, 0.3) is 0 Å². The maximum atomic E-state index is 13.8. The zero-order valence-corrected chi connectivity index (χ0v) is 19.2. The first-order chi connectivity index (χ1) is 16.4. The highest BCUT2D eigenvalue weighted by atomic mass is 19.1. The van der Waals surface area contributed by atoms with Crippen LogP contribution in [0.2, 0.25) is 0 Å². The van der Waals surface area contributed by atoms with Crippen molar-refractivity contribution in [1.29, 1.82) is 0 Å². The van der Waals surface area contributed by atoms with Crippen molar-refractivity contribution in [2.24, 2.45) is 0 Å². The fourth-order valence-corrected chi connectivity index (χ4v) is 4.67. The number of aliphatic hydroxyl groups is 1. The lowest BCUT2D eigenvalue weighted by Gasteiger charge is -2.47. The topological polar surface area (TPSA) is 92.7 Å². The van der Waals surface area contributed by atoms with Crippen LogP contribution in [0.1, 0.15) is 48.4 Å². The number of nitrogens with one attached hydrogen (secondary N) is 2. The lowest BCUT2D eigenvalue weighted by molar-refractivity contribution is -0.126. The first-order valence-corrected chi connectivity index (χ1v) is 11.5. The summed E-state index contributed by atoms with van der Waals surface area (Å²) in [5.41, 5.74) is 1.62. The van der Waals surface area contributed by atoms with Gasteiger partial charge >= 0.3 is 0 Å². The monoisotopic (exact) mass is 467 g/mol. The summed E-state index contributed by atoms with van der Waals surface area (Å²) in [6.45, 7) is 0.105. The number of terminal acetylenes is 1. The Bertz CT molecular complexity index is 1070. The molecule has 7 nitrogen and oxygen atoms in total. The molecule has 1 fully saturated rings. The Morgan fingerprint density at radius 2 is 2.26 bits per heavy atom. The van der Waals surface area contributed by atoms with Crippen molar-refractivity contribution in [2.75, 3.05) is 20.3 Å². The standard InChI is InChI=1S/C26H30FN3O4/c1-3-18-12-17(7-8-20(18)27)13-21(30-24(32)16-33-2)23(31)15-29-22-14-26(9-5-10-26)34-25-19(22)6-4-11-28-25/h1,4,6-8,11-12,21-23,29,31H,5,9-10,13-16H2,2H3,(H,30,32)/t21?,22-,23+/m0/s1. The molecule has 1 amide bonds. The molecule has 1 aromatic carbocycles. The molecule has 8 heteroatoms. The van der Waals surface area contributed by atoms with Gasteiger partial charge in [-0.2, -0.15) is 0 Å². The quantitative estimate of drug-likeness (QED) is 0.490. The third-order valence-corrected chi connectivity index (χ3v) is 6.63. The Balaban J connectivity index is 1.47. The molecule has 0 bridgehead atoms. The molecule has 2 aliphatic rings. The van der Waals surface area contributed by atoms with Crippen molar-refractivity contribution < 1.29 is 23.8 Å². The Kier molecular flexibility index (Phi) is 7.47. The number of halogens is 1. The van der Waals surface area contributed by atoms with Crippen LogP contribution < -0.4 is 15.4 Å². The van der Waals surface area contributed by atoms with Gasteiger partial charge < -0.3 is 25.2 Å². The van der Waals surface area contributed by atoms with E-state index >= 15 is 0 Å². The number of aliphatic hydroxyl groups excluding tert-OH is 1. The van der Waals surface area contributed by atoms with Crippen molar-refractivity contribution in [2.45, 2.75) is 55.9 Å². The van der Waals surface area contributed by atoms with Crippen molar-refractivity contribution in [3.05, 3.63) is 59.0 Å². The zero-order valence-electron chi connectivity index (χ0n) is 19.2. The predicted octanol–water partition coefficient (Wildman–Crippen LogP) is 2.27. The second kappa shape index (κ2) is 10.5. The normalized spacial score (nSPS) is 19.8. The molecule has 1 aliphatic heterocycles. The van der Waals surface area contributed by atoms with Gasteiger partial charge in [-0.3, -0.25) is 4.79 Å². The average molecular weight is 468 g/mol. The molecule has 1 spiro atoms. The lowest BCUT2D eigenvalue weighted by atomic mass is 9.73. The number of benzene rings is 1. The summed E-state index contributed by atoms with van der Waals surface area (Å²) in [5, 5.41) is 17.4. The van der Waals surface area contributed by atoms with Gasteiger partial charge in [0, 0.05) is 37.9 Å². The van der Waals surface area contributed by atoms with E-state index < -0.39 is 18.0 Å². The minimum atomic E-state index is -0.916. The van der Waals surface area contributed by atoms with Crippen LogP contribution >= 0.6 is 0 Å². The molecule has 2 heterocycles. The summed E-state index contributed by atoms with van der Waals surface area (Å²) in [6, 6.07) is 7.66. The molecule has 4 rings (SSSR count). The van der Waals surface area contributed by atoms with E-state index in [-0.39, 0.29) is 42.7 Å². The molecule has 2 aromatic rings. The highest BCUT2D eigenvalue weighted by molar-refractivity contribution is 5.77. The Morgan fingerprint density at radius 1 is 1.44 bits per heavy atom. The van der Waals surface area contributed by atoms with Crippen LogP contribution in [-0.2, 0) is 16.0 Å². The van der Waals surface area contributed by atoms with E-state index in [1.165, 1.54) is 13.2 Å². The summed E-state index contributed by atoms with van der Waals surface area (Å²) in [7, 11) is 1.43. The maximum absolute atomic E-state index is 13.8. The van der Waals surface area contributed by atoms with Gasteiger partial charge in [0.15, 0.2) is 0 Å².